The third-order valence-corrected chi connectivity index (χ3v) is 10.5. The first-order valence-electron chi connectivity index (χ1n) is 18.2. The van der Waals surface area contributed by atoms with E-state index in [0.717, 1.165) is 6.92 Å². The number of rotatable bonds is 18. The molecule has 0 aromatic heterocycles. The molecule has 0 bridgehead atoms. The highest BCUT2D eigenvalue weighted by molar-refractivity contribution is 9.10. The predicted octanol–water partition coefficient (Wildman–Crippen LogP) is 11.8. The summed E-state index contributed by atoms with van der Waals surface area (Å²) in [7, 11) is 0. The van der Waals surface area contributed by atoms with Crippen molar-refractivity contribution in [1.82, 2.24) is 0 Å². The molecule has 0 fully saturated rings. The van der Waals surface area contributed by atoms with Gasteiger partial charge in [-0.1, -0.05) is 63.2 Å². The number of benzene rings is 3. The van der Waals surface area contributed by atoms with Crippen LogP contribution in [0.15, 0.2) is 6.58 Å². The van der Waals surface area contributed by atoms with Gasteiger partial charge in [-0.15, -0.1) is 0 Å². The van der Waals surface area contributed by atoms with E-state index in [2.05, 4.69) is 22.5 Å². The lowest BCUT2D eigenvalue weighted by molar-refractivity contribution is -0.150. The summed E-state index contributed by atoms with van der Waals surface area (Å²) in [4.78, 5) is 25.3. The molecule has 3 rings (SSSR count). The molecule has 0 spiro atoms. The lowest BCUT2D eigenvalue weighted by Crippen LogP contribution is -2.31. The van der Waals surface area contributed by atoms with Gasteiger partial charge in [0.1, 0.15) is 26.4 Å². The van der Waals surface area contributed by atoms with Crippen molar-refractivity contribution < 1.29 is 85.6 Å². The van der Waals surface area contributed by atoms with Crippen LogP contribution in [0.2, 0.25) is 0 Å². The molecule has 338 valence electrons. The molecule has 0 aliphatic heterocycles. The van der Waals surface area contributed by atoms with Crippen molar-refractivity contribution in [3.05, 3.63) is 98.9 Å². The summed E-state index contributed by atoms with van der Waals surface area (Å²) < 4.78 is 212. The molecule has 0 saturated carbocycles. The molecule has 3 aromatic rings. The molecule has 4 unspecified atom stereocenters. The Kier molecular flexibility index (Phi) is 16.8. The Balaban J connectivity index is 1.97. The fourth-order valence-electron chi connectivity index (χ4n) is 6.14. The maximum Gasteiger partial charge on any atom is 0.310 e. The molecular formula is C41H40BrF13O6. The molecule has 0 N–H and O–H groups in total. The van der Waals surface area contributed by atoms with E-state index < -0.39 is 188 Å². The number of esters is 2. The number of alkyl halides is 1. The third kappa shape index (κ3) is 11.1. The molecule has 61 heavy (non-hydrogen) atoms. The number of carbonyl (C=O) groups excluding carboxylic acids is 2. The fourth-order valence-corrected chi connectivity index (χ4v) is 6.33. The van der Waals surface area contributed by atoms with Crippen LogP contribution in [0, 0.1) is 92.9 Å². The van der Waals surface area contributed by atoms with Crippen molar-refractivity contribution in [2.45, 2.75) is 77.5 Å². The number of halogens is 14. The fraction of sp³-hybridized carbons (Fsp3) is 0.463. The Labute approximate surface area is 350 Å². The van der Waals surface area contributed by atoms with Crippen LogP contribution < -0.4 is 9.47 Å². The van der Waals surface area contributed by atoms with Crippen molar-refractivity contribution in [3.8, 4) is 11.5 Å². The Hall–Kier alpha value is -4.49. The lowest BCUT2D eigenvalue weighted by Gasteiger charge is -2.35. The Bertz CT molecular complexity index is 2070. The second-order valence-electron chi connectivity index (χ2n) is 15.5. The minimum absolute atomic E-state index is 0.501. The molecular weight excluding hydrogens is 915 g/mol. The lowest BCUT2D eigenvalue weighted by atomic mass is 9.69. The van der Waals surface area contributed by atoms with E-state index in [0.29, 0.717) is 6.08 Å². The average Bonchev–Trinajstić information content (AvgIpc) is 3.18. The summed E-state index contributed by atoms with van der Waals surface area (Å²) in [5.74, 6) is -39.5. The van der Waals surface area contributed by atoms with E-state index >= 15 is 26.3 Å². The quantitative estimate of drug-likeness (QED) is 0.0316. The molecule has 0 aliphatic rings. The number of hydrogen-bond acceptors (Lipinski definition) is 6. The van der Waals surface area contributed by atoms with E-state index in [9.17, 15) is 40.3 Å². The van der Waals surface area contributed by atoms with Crippen molar-refractivity contribution >= 4 is 33.9 Å². The SMILES string of the molecule is C=Cc1c(F)c(F)c(OCCOC(=O)C(C)CC(CC(c2c(F)c(F)c(OCCOC(=O)C(C)C(C)(C)Br)c(F)c2F)C(C)(C)C)c2c(F)c(F)c(F)c(F)c2F)c(F)c1F. The molecule has 0 heterocycles. The largest absolute Gasteiger partial charge is 0.484 e. The first-order chi connectivity index (χ1) is 28.1. The highest BCUT2D eigenvalue weighted by atomic mass is 79.9. The van der Waals surface area contributed by atoms with Crippen molar-refractivity contribution in [2.24, 2.45) is 17.3 Å². The van der Waals surface area contributed by atoms with Gasteiger partial charge in [0.2, 0.25) is 29.1 Å². The summed E-state index contributed by atoms with van der Waals surface area (Å²) in [5, 5.41) is 0. The molecule has 3 aromatic carbocycles. The van der Waals surface area contributed by atoms with Crippen molar-refractivity contribution in [2.75, 3.05) is 26.4 Å². The molecule has 6 nitrogen and oxygen atoms in total. The maximum atomic E-state index is 15.9. The van der Waals surface area contributed by atoms with E-state index in [1.807, 2.05) is 0 Å². The second-order valence-corrected chi connectivity index (χ2v) is 17.5. The van der Waals surface area contributed by atoms with Gasteiger partial charge >= 0.3 is 11.9 Å². The van der Waals surface area contributed by atoms with Gasteiger partial charge < -0.3 is 18.9 Å². The first kappa shape index (κ1) is 50.9. The minimum atomic E-state index is -2.57. The van der Waals surface area contributed by atoms with Gasteiger partial charge in [-0.2, -0.15) is 17.6 Å². The van der Waals surface area contributed by atoms with Crippen LogP contribution in [0.4, 0.5) is 57.1 Å². The topological polar surface area (TPSA) is 71.1 Å². The Morgan fingerprint density at radius 3 is 1.33 bits per heavy atom. The number of hydrogen-bond donors (Lipinski definition) is 0. The summed E-state index contributed by atoms with van der Waals surface area (Å²) in [6.45, 7) is 9.46. The summed E-state index contributed by atoms with van der Waals surface area (Å²) in [5.41, 5.74) is -5.58. The summed E-state index contributed by atoms with van der Waals surface area (Å²) >= 11 is 3.28. The summed E-state index contributed by atoms with van der Waals surface area (Å²) in [6, 6.07) is 0. The number of carbonyl (C=O) groups is 2. The predicted molar refractivity (Wildman–Crippen MR) is 197 cm³/mol. The second kappa shape index (κ2) is 20.1. The van der Waals surface area contributed by atoms with Crippen LogP contribution in [-0.2, 0) is 19.1 Å². The molecule has 0 aliphatic carbocycles. The minimum Gasteiger partial charge on any atom is -0.484 e. The van der Waals surface area contributed by atoms with Gasteiger partial charge in [-0.3, -0.25) is 9.59 Å². The van der Waals surface area contributed by atoms with Gasteiger partial charge in [0.05, 0.1) is 17.4 Å². The van der Waals surface area contributed by atoms with Gasteiger partial charge in [0.15, 0.2) is 58.0 Å². The molecule has 0 amide bonds. The summed E-state index contributed by atoms with van der Waals surface area (Å²) in [6.07, 6.45) is -1.46. The van der Waals surface area contributed by atoms with Gasteiger partial charge in [-0.05, 0) is 43.9 Å². The number of ether oxygens (including phenoxy) is 4. The maximum absolute atomic E-state index is 15.9. The molecule has 0 radical (unpaired) electrons. The van der Waals surface area contributed by atoms with E-state index in [4.69, 9.17) is 18.9 Å². The van der Waals surface area contributed by atoms with Crippen LogP contribution in [0.25, 0.3) is 6.08 Å². The van der Waals surface area contributed by atoms with E-state index in [1.165, 1.54) is 27.7 Å². The molecule has 20 heteroatoms. The zero-order valence-electron chi connectivity index (χ0n) is 33.6. The zero-order chi connectivity index (χ0) is 46.6. The van der Waals surface area contributed by atoms with Crippen molar-refractivity contribution in [3.63, 3.8) is 0 Å². The van der Waals surface area contributed by atoms with Gasteiger partial charge in [0, 0.05) is 15.5 Å². The third-order valence-electron chi connectivity index (χ3n) is 9.86. The van der Waals surface area contributed by atoms with Crippen LogP contribution in [0.5, 0.6) is 11.5 Å². The Morgan fingerprint density at radius 2 is 0.934 bits per heavy atom. The van der Waals surface area contributed by atoms with Gasteiger partial charge in [0.25, 0.3) is 0 Å². The molecule has 0 saturated heterocycles. The average molecular weight is 956 g/mol. The zero-order valence-corrected chi connectivity index (χ0v) is 35.2. The Morgan fingerprint density at radius 1 is 0.557 bits per heavy atom. The van der Waals surface area contributed by atoms with E-state index in [1.54, 1.807) is 13.8 Å². The highest BCUT2D eigenvalue weighted by Crippen LogP contribution is 2.48. The van der Waals surface area contributed by atoms with Crippen LogP contribution >= 0.6 is 15.9 Å². The van der Waals surface area contributed by atoms with Gasteiger partial charge in [-0.25, -0.2) is 39.5 Å². The van der Waals surface area contributed by atoms with Crippen LogP contribution in [0.1, 0.15) is 89.8 Å². The normalized spacial score (nSPS) is 14.0. The molecule has 4 atom stereocenters. The monoisotopic (exact) mass is 954 g/mol. The van der Waals surface area contributed by atoms with Crippen molar-refractivity contribution in [1.29, 1.82) is 0 Å². The smallest absolute Gasteiger partial charge is 0.310 e. The van der Waals surface area contributed by atoms with Crippen LogP contribution in [-0.4, -0.2) is 42.7 Å². The standard InChI is InChI=1S/C41H40BrF13O6/c1-9-19-23(43)32(52)36(33(53)24(19)44)58-10-12-60-38(56)16(2)14-18(21-25(45)29(49)31(51)30(50)26(21)46)15-20(40(4,5)6)22-27(47)34(54)37(35(55)28(22)48)59-11-13-61-39(57)17(3)41(7,8)42/h9,16-18,20H,1,10-15H2,2-8H3. The van der Waals surface area contributed by atoms with Crippen LogP contribution in [0.3, 0.4) is 0 Å². The highest BCUT2D eigenvalue weighted by Gasteiger charge is 2.41. The first-order valence-corrected chi connectivity index (χ1v) is 19.0. The van der Waals surface area contributed by atoms with E-state index in [-0.39, 0.29) is 0 Å².